The van der Waals surface area contributed by atoms with E-state index < -0.39 is 35.6 Å². The van der Waals surface area contributed by atoms with Crippen LogP contribution in [0.2, 0.25) is 0 Å². The maximum atomic E-state index is 13.7. The fraction of sp³-hybridized carbons (Fsp3) is 0.143. The third kappa shape index (κ3) is 4.40. The average molecular weight is 412 g/mol. The quantitative estimate of drug-likeness (QED) is 0.674. The van der Waals surface area contributed by atoms with Crippen LogP contribution in [0, 0.1) is 18.6 Å². The summed E-state index contributed by atoms with van der Waals surface area (Å²) in [5.41, 5.74) is 0.0257. The number of hydrogen-bond acceptors (Lipinski definition) is 4. The molecule has 9 heteroatoms. The molecule has 1 aromatic heterocycles. The van der Waals surface area contributed by atoms with E-state index in [0.29, 0.717) is 11.1 Å². The molecule has 0 aliphatic heterocycles. The average Bonchev–Trinajstić information content (AvgIpc) is 2.72. The van der Waals surface area contributed by atoms with Gasteiger partial charge in [-0.2, -0.15) is 0 Å². The smallest absolute Gasteiger partial charge is 0.267 e. The molecular weight excluding hydrogens is 394 g/mol. The van der Waals surface area contributed by atoms with Crippen LogP contribution in [0.15, 0.2) is 53.5 Å². The first kappa shape index (κ1) is 20.8. The Kier molecular flexibility index (Phi) is 6.01. The van der Waals surface area contributed by atoms with Crippen LogP contribution in [-0.2, 0) is 11.3 Å². The van der Waals surface area contributed by atoms with E-state index in [1.807, 2.05) is 0 Å². The Labute approximate surface area is 170 Å². The number of aryl methyl sites for hydroxylation is 1. The van der Waals surface area contributed by atoms with E-state index in [-0.39, 0.29) is 17.1 Å². The molecule has 7 nitrogen and oxygen atoms in total. The van der Waals surface area contributed by atoms with Gasteiger partial charge in [0.05, 0.1) is 0 Å². The van der Waals surface area contributed by atoms with Crippen LogP contribution < -0.4 is 16.2 Å². The molecule has 2 amide bonds. The number of halogens is 2. The molecule has 0 radical (unpaired) electrons. The molecule has 2 aromatic carbocycles. The molecule has 3 aromatic rings. The van der Waals surface area contributed by atoms with Crippen LogP contribution in [0.5, 0.6) is 0 Å². The highest BCUT2D eigenvalue weighted by Gasteiger charge is 2.19. The molecule has 154 valence electrons. The summed E-state index contributed by atoms with van der Waals surface area (Å²) in [5.74, 6) is -2.17. The summed E-state index contributed by atoms with van der Waals surface area (Å²) in [6.07, 6.45) is 1.10. The van der Waals surface area contributed by atoms with E-state index >= 15 is 0 Å². The van der Waals surface area contributed by atoms with Gasteiger partial charge in [-0.25, -0.2) is 13.8 Å². The van der Waals surface area contributed by atoms with E-state index in [1.54, 1.807) is 6.92 Å². The molecule has 0 saturated carbocycles. The summed E-state index contributed by atoms with van der Waals surface area (Å²) in [6.45, 7) is 1.10. The Morgan fingerprint density at radius 3 is 2.43 bits per heavy atom. The van der Waals surface area contributed by atoms with Gasteiger partial charge >= 0.3 is 0 Å². The summed E-state index contributed by atoms with van der Waals surface area (Å²) in [6, 6.07) is 9.38. The van der Waals surface area contributed by atoms with Crippen molar-refractivity contribution in [2.75, 3.05) is 12.4 Å². The van der Waals surface area contributed by atoms with Gasteiger partial charge in [0.15, 0.2) is 0 Å². The zero-order chi connectivity index (χ0) is 21.8. The predicted octanol–water partition coefficient (Wildman–Crippen LogP) is 2.50. The van der Waals surface area contributed by atoms with Gasteiger partial charge < -0.3 is 10.6 Å². The third-order valence-corrected chi connectivity index (χ3v) is 4.38. The van der Waals surface area contributed by atoms with Gasteiger partial charge in [-0.05, 0) is 48.9 Å². The van der Waals surface area contributed by atoms with Crippen LogP contribution >= 0.6 is 0 Å². The summed E-state index contributed by atoms with van der Waals surface area (Å²) in [7, 11) is 1.36. The molecule has 0 aliphatic carbocycles. The van der Waals surface area contributed by atoms with Crippen molar-refractivity contribution in [3.63, 3.8) is 0 Å². The normalized spacial score (nSPS) is 10.5. The Morgan fingerprint density at radius 1 is 1.10 bits per heavy atom. The van der Waals surface area contributed by atoms with Crippen molar-refractivity contribution in [3.05, 3.63) is 81.8 Å². The van der Waals surface area contributed by atoms with Crippen LogP contribution in [-0.4, -0.2) is 28.4 Å². The molecule has 2 N–H and O–H groups in total. The van der Waals surface area contributed by atoms with Gasteiger partial charge in [-0.15, -0.1) is 0 Å². The highest BCUT2D eigenvalue weighted by atomic mass is 19.1. The second kappa shape index (κ2) is 8.64. The fourth-order valence-electron chi connectivity index (χ4n) is 2.77. The summed E-state index contributed by atoms with van der Waals surface area (Å²) >= 11 is 0. The molecule has 0 bridgehead atoms. The van der Waals surface area contributed by atoms with Crippen molar-refractivity contribution in [1.82, 2.24) is 14.9 Å². The Morgan fingerprint density at radius 2 is 1.80 bits per heavy atom. The summed E-state index contributed by atoms with van der Waals surface area (Å²) in [5, 5.41) is 4.85. The van der Waals surface area contributed by atoms with Gasteiger partial charge in [0.1, 0.15) is 29.6 Å². The standard InChI is InChI=1S/C21H18F2N4O3/c1-12-3-8-15(9-17(12)23)26-18(28)11-27-19(13-4-6-14(22)7-5-13)25-10-16(21(27)30)20(29)24-2/h3-10H,11H2,1-2H3,(H,24,29)(H,26,28). The van der Waals surface area contributed by atoms with Crippen LogP contribution in [0.1, 0.15) is 15.9 Å². The van der Waals surface area contributed by atoms with E-state index in [0.717, 1.165) is 16.8 Å². The number of amides is 2. The van der Waals surface area contributed by atoms with Crippen molar-refractivity contribution >= 4 is 17.5 Å². The van der Waals surface area contributed by atoms with Crippen LogP contribution in [0.3, 0.4) is 0 Å². The second-order valence-electron chi connectivity index (χ2n) is 6.48. The number of aromatic nitrogens is 2. The van der Waals surface area contributed by atoms with Gasteiger partial charge in [0, 0.05) is 24.5 Å². The molecule has 0 fully saturated rings. The van der Waals surface area contributed by atoms with E-state index in [2.05, 4.69) is 15.6 Å². The van der Waals surface area contributed by atoms with Crippen molar-refractivity contribution in [3.8, 4) is 11.4 Å². The second-order valence-corrected chi connectivity index (χ2v) is 6.48. The molecule has 3 rings (SSSR count). The summed E-state index contributed by atoms with van der Waals surface area (Å²) < 4.78 is 28.0. The Bertz CT molecular complexity index is 1170. The van der Waals surface area contributed by atoms with Gasteiger partial charge in [0.25, 0.3) is 11.5 Å². The van der Waals surface area contributed by atoms with Gasteiger partial charge in [-0.1, -0.05) is 6.07 Å². The molecule has 30 heavy (non-hydrogen) atoms. The maximum absolute atomic E-state index is 13.7. The number of carbonyl (C=O) groups is 2. The first-order valence-corrected chi connectivity index (χ1v) is 8.94. The van der Waals surface area contributed by atoms with E-state index in [4.69, 9.17) is 0 Å². The van der Waals surface area contributed by atoms with E-state index in [1.165, 1.54) is 43.4 Å². The van der Waals surface area contributed by atoms with Crippen LogP contribution in [0.4, 0.5) is 14.5 Å². The number of benzene rings is 2. The first-order valence-electron chi connectivity index (χ1n) is 8.94. The predicted molar refractivity (Wildman–Crippen MR) is 107 cm³/mol. The topological polar surface area (TPSA) is 93.1 Å². The van der Waals surface area contributed by atoms with Gasteiger partial charge in [0.2, 0.25) is 5.91 Å². The monoisotopic (exact) mass is 412 g/mol. The highest BCUT2D eigenvalue weighted by molar-refractivity contribution is 5.94. The fourth-order valence-corrected chi connectivity index (χ4v) is 2.77. The minimum Gasteiger partial charge on any atom is -0.355 e. The zero-order valence-electron chi connectivity index (χ0n) is 16.2. The zero-order valence-corrected chi connectivity index (χ0v) is 16.2. The summed E-state index contributed by atoms with van der Waals surface area (Å²) in [4.78, 5) is 41.5. The lowest BCUT2D eigenvalue weighted by atomic mass is 10.2. The minimum atomic E-state index is -0.742. The lowest BCUT2D eigenvalue weighted by Gasteiger charge is -2.14. The number of nitrogens with zero attached hydrogens (tertiary/aromatic N) is 2. The number of anilines is 1. The molecule has 0 spiro atoms. The molecule has 0 atom stereocenters. The maximum Gasteiger partial charge on any atom is 0.267 e. The number of hydrogen-bond donors (Lipinski definition) is 2. The lowest BCUT2D eigenvalue weighted by molar-refractivity contribution is -0.116. The van der Waals surface area contributed by atoms with Crippen molar-refractivity contribution < 1.29 is 18.4 Å². The van der Waals surface area contributed by atoms with Crippen LogP contribution in [0.25, 0.3) is 11.4 Å². The van der Waals surface area contributed by atoms with Crippen molar-refractivity contribution in [2.45, 2.75) is 13.5 Å². The molecule has 0 unspecified atom stereocenters. The number of carbonyl (C=O) groups excluding carboxylic acids is 2. The van der Waals surface area contributed by atoms with E-state index in [9.17, 15) is 23.2 Å². The van der Waals surface area contributed by atoms with Crippen molar-refractivity contribution in [1.29, 1.82) is 0 Å². The Balaban J connectivity index is 2.00. The molecule has 0 aliphatic rings. The first-order chi connectivity index (χ1) is 14.3. The lowest BCUT2D eigenvalue weighted by Crippen LogP contribution is -2.35. The van der Waals surface area contributed by atoms with Crippen molar-refractivity contribution in [2.24, 2.45) is 0 Å². The number of rotatable bonds is 5. The molecule has 0 saturated heterocycles. The number of nitrogens with one attached hydrogen (secondary N) is 2. The minimum absolute atomic E-state index is 0.0814. The SMILES string of the molecule is CNC(=O)c1cnc(-c2ccc(F)cc2)n(CC(=O)Nc2ccc(C)c(F)c2)c1=O. The molecule has 1 heterocycles. The Hall–Kier alpha value is -3.88. The largest absolute Gasteiger partial charge is 0.355 e. The van der Waals surface area contributed by atoms with Gasteiger partial charge in [-0.3, -0.25) is 19.0 Å². The third-order valence-electron chi connectivity index (χ3n) is 4.38. The molecular formula is C21H18F2N4O3. The highest BCUT2D eigenvalue weighted by Crippen LogP contribution is 2.17.